The summed E-state index contributed by atoms with van der Waals surface area (Å²) >= 11 is 0. The summed E-state index contributed by atoms with van der Waals surface area (Å²) in [6, 6.07) is 16.8. The number of methoxy groups -OCH3 is 1. The van der Waals surface area contributed by atoms with E-state index in [-0.39, 0.29) is 12.1 Å². The lowest BCUT2D eigenvalue weighted by Crippen LogP contribution is -2.34. The predicted octanol–water partition coefficient (Wildman–Crippen LogP) is 3.94. The van der Waals surface area contributed by atoms with Gasteiger partial charge in [0.15, 0.2) is 0 Å². The first-order valence-corrected chi connectivity index (χ1v) is 7.93. The van der Waals surface area contributed by atoms with Crippen LogP contribution in [0.3, 0.4) is 0 Å². The maximum Gasteiger partial charge on any atom is 0.322 e. The molecule has 24 heavy (non-hydrogen) atoms. The summed E-state index contributed by atoms with van der Waals surface area (Å²) in [7, 11) is 1.64. The largest absolute Gasteiger partial charge is 0.497 e. The summed E-state index contributed by atoms with van der Waals surface area (Å²) in [6.07, 6.45) is 1.94. The van der Waals surface area contributed by atoms with Gasteiger partial charge in [-0.3, -0.25) is 0 Å². The molecule has 1 N–H and O–H groups in total. The maximum absolute atomic E-state index is 12.6. The van der Waals surface area contributed by atoms with Crippen LogP contribution < -0.4 is 10.1 Å². The molecule has 1 fully saturated rings. The van der Waals surface area contributed by atoms with Crippen LogP contribution in [0.25, 0.3) is 0 Å². The summed E-state index contributed by atoms with van der Waals surface area (Å²) in [5.74, 6) is 0.810. The molecule has 5 heteroatoms. The van der Waals surface area contributed by atoms with Crippen LogP contribution in [-0.2, 0) is 0 Å². The molecular formula is C19H19N3O2. The van der Waals surface area contributed by atoms with Crippen molar-refractivity contribution in [2.45, 2.75) is 18.9 Å². The minimum absolute atomic E-state index is 0.0780. The van der Waals surface area contributed by atoms with Gasteiger partial charge in [0.25, 0.3) is 0 Å². The summed E-state index contributed by atoms with van der Waals surface area (Å²) in [6.45, 7) is 0.735. The molecule has 1 aliphatic rings. The third kappa shape index (κ3) is 3.33. The van der Waals surface area contributed by atoms with Gasteiger partial charge in [0, 0.05) is 12.2 Å². The van der Waals surface area contributed by atoms with Crippen molar-refractivity contribution in [1.29, 1.82) is 5.26 Å². The first-order chi connectivity index (χ1) is 11.7. The van der Waals surface area contributed by atoms with Crippen LogP contribution in [-0.4, -0.2) is 24.6 Å². The minimum Gasteiger partial charge on any atom is -0.497 e. The minimum atomic E-state index is -0.113. The number of urea groups is 1. The number of likely N-dealkylation sites (tertiary alicyclic amines) is 1. The van der Waals surface area contributed by atoms with Crippen molar-refractivity contribution in [1.82, 2.24) is 4.90 Å². The molecule has 1 atom stereocenters. The van der Waals surface area contributed by atoms with Crippen LogP contribution in [0.2, 0.25) is 0 Å². The highest BCUT2D eigenvalue weighted by atomic mass is 16.5. The Morgan fingerprint density at radius 2 is 1.92 bits per heavy atom. The molecule has 3 rings (SSSR count). The summed E-state index contributed by atoms with van der Waals surface area (Å²) in [5.41, 5.74) is 2.38. The van der Waals surface area contributed by atoms with Crippen molar-refractivity contribution >= 4 is 11.7 Å². The van der Waals surface area contributed by atoms with Gasteiger partial charge in [-0.15, -0.1) is 0 Å². The smallest absolute Gasteiger partial charge is 0.322 e. The Labute approximate surface area is 141 Å². The normalized spacial score (nSPS) is 16.5. The highest BCUT2D eigenvalue weighted by Crippen LogP contribution is 2.33. The molecule has 0 aliphatic carbocycles. The van der Waals surface area contributed by atoms with Crippen molar-refractivity contribution in [3.63, 3.8) is 0 Å². The van der Waals surface area contributed by atoms with E-state index in [0.29, 0.717) is 11.3 Å². The topological polar surface area (TPSA) is 65.4 Å². The van der Waals surface area contributed by atoms with Gasteiger partial charge in [-0.2, -0.15) is 5.26 Å². The molecule has 0 bridgehead atoms. The van der Waals surface area contributed by atoms with E-state index in [0.717, 1.165) is 30.7 Å². The van der Waals surface area contributed by atoms with Gasteiger partial charge in [0.05, 0.1) is 24.8 Å². The van der Waals surface area contributed by atoms with Crippen molar-refractivity contribution in [3.8, 4) is 11.8 Å². The Balaban J connectivity index is 1.71. The molecular weight excluding hydrogens is 302 g/mol. The molecule has 0 radical (unpaired) electrons. The van der Waals surface area contributed by atoms with Gasteiger partial charge in [-0.05, 0) is 54.8 Å². The number of amides is 2. The van der Waals surface area contributed by atoms with E-state index in [1.54, 1.807) is 31.4 Å². The van der Waals surface area contributed by atoms with Crippen molar-refractivity contribution < 1.29 is 9.53 Å². The number of carbonyl (C=O) groups excluding carboxylic acids is 1. The second kappa shape index (κ2) is 7.05. The number of hydrogen-bond donors (Lipinski definition) is 1. The number of nitriles is 1. The highest BCUT2D eigenvalue weighted by Gasteiger charge is 2.30. The average molecular weight is 321 g/mol. The van der Waals surface area contributed by atoms with Crippen LogP contribution in [0.4, 0.5) is 10.5 Å². The van der Waals surface area contributed by atoms with Crippen molar-refractivity contribution in [2.24, 2.45) is 0 Å². The Morgan fingerprint density at radius 3 is 2.54 bits per heavy atom. The van der Waals surface area contributed by atoms with E-state index in [2.05, 4.69) is 11.4 Å². The molecule has 1 saturated heterocycles. The quantitative estimate of drug-likeness (QED) is 0.931. The monoisotopic (exact) mass is 321 g/mol. The molecule has 2 amide bonds. The molecule has 1 heterocycles. The van der Waals surface area contributed by atoms with Crippen LogP contribution in [0.15, 0.2) is 48.5 Å². The second-order valence-corrected chi connectivity index (χ2v) is 5.74. The van der Waals surface area contributed by atoms with Gasteiger partial charge in [-0.25, -0.2) is 4.79 Å². The van der Waals surface area contributed by atoms with Crippen LogP contribution in [0.5, 0.6) is 5.75 Å². The number of benzene rings is 2. The fourth-order valence-corrected chi connectivity index (χ4v) is 3.01. The van der Waals surface area contributed by atoms with Crippen LogP contribution in [0, 0.1) is 11.3 Å². The number of rotatable bonds is 3. The third-order valence-corrected chi connectivity index (χ3v) is 4.28. The van der Waals surface area contributed by atoms with E-state index in [4.69, 9.17) is 10.00 Å². The van der Waals surface area contributed by atoms with E-state index in [1.807, 2.05) is 29.2 Å². The summed E-state index contributed by atoms with van der Waals surface area (Å²) in [4.78, 5) is 14.5. The molecule has 1 aliphatic heterocycles. The number of anilines is 1. The van der Waals surface area contributed by atoms with Crippen LogP contribution >= 0.6 is 0 Å². The molecule has 1 unspecified atom stereocenters. The van der Waals surface area contributed by atoms with E-state index >= 15 is 0 Å². The van der Waals surface area contributed by atoms with E-state index in [1.165, 1.54) is 0 Å². The Kier molecular flexibility index (Phi) is 4.66. The molecule has 2 aromatic carbocycles. The zero-order chi connectivity index (χ0) is 16.9. The molecule has 0 saturated carbocycles. The Hall–Kier alpha value is -3.00. The number of nitrogens with one attached hydrogen (secondary N) is 1. The van der Waals surface area contributed by atoms with Crippen molar-refractivity contribution in [2.75, 3.05) is 19.0 Å². The fraction of sp³-hybridized carbons (Fsp3) is 0.263. The second-order valence-electron chi connectivity index (χ2n) is 5.74. The van der Waals surface area contributed by atoms with Gasteiger partial charge in [0.1, 0.15) is 5.75 Å². The number of hydrogen-bond acceptors (Lipinski definition) is 3. The van der Waals surface area contributed by atoms with Crippen molar-refractivity contribution in [3.05, 3.63) is 59.7 Å². The lowest BCUT2D eigenvalue weighted by molar-refractivity contribution is 0.207. The van der Waals surface area contributed by atoms with Gasteiger partial charge in [-0.1, -0.05) is 12.1 Å². The fourth-order valence-electron chi connectivity index (χ4n) is 3.01. The SMILES string of the molecule is COc1ccc(C2CCCN2C(=O)Nc2ccc(C#N)cc2)cc1. The average Bonchev–Trinajstić information content (AvgIpc) is 3.12. The highest BCUT2D eigenvalue weighted by molar-refractivity contribution is 5.89. The standard InChI is InChI=1S/C19H19N3O2/c1-24-17-10-6-15(7-11-17)18-3-2-12-22(18)19(23)21-16-8-4-14(13-20)5-9-16/h4-11,18H,2-3,12H2,1H3,(H,21,23). The summed E-state index contributed by atoms with van der Waals surface area (Å²) < 4.78 is 5.19. The first kappa shape index (κ1) is 15.9. The number of carbonyl (C=O) groups is 1. The Bertz CT molecular complexity index is 748. The summed E-state index contributed by atoms with van der Waals surface area (Å²) in [5, 5.41) is 11.7. The molecule has 2 aromatic rings. The van der Waals surface area contributed by atoms with Gasteiger partial charge in [0.2, 0.25) is 0 Å². The lowest BCUT2D eigenvalue weighted by atomic mass is 10.0. The zero-order valence-electron chi connectivity index (χ0n) is 13.5. The molecule has 0 aromatic heterocycles. The number of nitrogens with zero attached hydrogens (tertiary/aromatic N) is 2. The number of ether oxygens (including phenoxy) is 1. The maximum atomic E-state index is 12.6. The van der Waals surface area contributed by atoms with Gasteiger partial charge >= 0.3 is 6.03 Å². The van der Waals surface area contributed by atoms with E-state index in [9.17, 15) is 4.79 Å². The van der Waals surface area contributed by atoms with E-state index < -0.39 is 0 Å². The van der Waals surface area contributed by atoms with Crippen LogP contribution in [0.1, 0.15) is 30.0 Å². The zero-order valence-corrected chi connectivity index (χ0v) is 13.5. The third-order valence-electron chi connectivity index (χ3n) is 4.28. The molecule has 0 spiro atoms. The lowest BCUT2D eigenvalue weighted by Gasteiger charge is -2.25. The first-order valence-electron chi connectivity index (χ1n) is 7.93. The Morgan fingerprint density at radius 1 is 1.21 bits per heavy atom. The van der Waals surface area contributed by atoms with Gasteiger partial charge < -0.3 is 15.0 Å². The molecule has 5 nitrogen and oxygen atoms in total. The molecule has 122 valence electrons. The predicted molar refractivity (Wildman–Crippen MR) is 91.9 cm³/mol.